The van der Waals surface area contributed by atoms with E-state index in [-0.39, 0.29) is 17.3 Å². The molecule has 0 aromatic carbocycles. The number of H-pyrrole nitrogens is 1. The fourth-order valence-corrected chi connectivity index (χ4v) is 1.25. The Hall–Kier alpha value is -1.56. The quantitative estimate of drug-likeness (QED) is 0.543. The van der Waals surface area contributed by atoms with Gasteiger partial charge in [0.2, 0.25) is 0 Å². The van der Waals surface area contributed by atoms with Crippen molar-refractivity contribution in [1.82, 2.24) is 9.97 Å². The topological polar surface area (TPSA) is 110 Å². The molecular formula is C9H17N5O. The van der Waals surface area contributed by atoms with E-state index in [0.29, 0.717) is 12.4 Å². The average molecular weight is 211 g/mol. The summed E-state index contributed by atoms with van der Waals surface area (Å²) in [5, 5.41) is 2.96. The maximum atomic E-state index is 11.1. The second-order valence-corrected chi connectivity index (χ2v) is 3.42. The number of nitrogens with one attached hydrogen (secondary N) is 2. The van der Waals surface area contributed by atoms with Gasteiger partial charge >= 0.3 is 0 Å². The van der Waals surface area contributed by atoms with Crippen molar-refractivity contribution in [3.8, 4) is 0 Å². The van der Waals surface area contributed by atoms with E-state index in [1.54, 1.807) is 0 Å². The second kappa shape index (κ2) is 5.35. The summed E-state index contributed by atoms with van der Waals surface area (Å²) < 4.78 is 0. The van der Waals surface area contributed by atoms with Crippen molar-refractivity contribution in [3.05, 3.63) is 16.7 Å². The van der Waals surface area contributed by atoms with Gasteiger partial charge in [0.15, 0.2) is 5.82 Å². The summed E-state index contributed by atoms with van der Waals surface area (Å²) in [4.78, 5) is 17.4. The van der Waals surface area contributed by atoms with Crippen LogP contribution in [0, 0.1) is 0 Å². The van der Waals surface area contributed by atoms with E-state index < -0.39 is 0 Å². The minimum absolute atomic E-state index is 0.0514. The zero-order valence-corrected chi connectivity index (χ0v) is 8.79. The van der Waals surface area contributed by atoms with Crippen LogP contribution >= 0.6 is 0 Å². The third-order valence-corrected chi connectivity index (χ3v) is 2.08. The molecular weight excluding hydrogens is 194 g/mol. The van der Waals surface area contributed by atoms with Gasteiger partial charge in [0.05, 0.1) is 6.33 Å². The highest BCUT2D eigenvalue weighted by Gasteiger charge is 2.05. The molecule has 0 fully saturated rings. The lowest BCUT2D eigenvalue weighted by atomic mass is 10.2. The molecule has 6 N–H and O–H groups in total. The van der Waals surface area contributed by atoms with E-state index in [4.69, 9.17) is 11.5 Å². The van der Waals surface area contributed by atoms with Crippen molar-refractivity contribution in [2.75, 3.05) is 17.6 Å². The summed E-state index contributed by atoms with van der Waals surface area (Å²) in [5.74, 6) is 0.394. The zero-order chi connectivity index (χ0) is 11.3. The van der Waals surface area contributed by atoms with Gasteiger partial charge in [-0.15, -0.1) is 0 Å². The van der Waals surface area contributed by atoms with E-state index >= 15 is 0 Å². The first-order valence-electron chi connectivity index (χ1n) is 4.97. The molecule has 0 aliphatic carbocycles. The number of anilines is 2. The smallest absolute Gasteiger partial charge is 0.276 e. The molecule has 15 heavy (non-hydrogen) atoms. The van der Waals surface area contributed by atoms with E-state index in [2.05, 4.69) is 22.2 Å². The third-order valence-electron chi connectivity index (χ3n) is 2.08. The molecule has 1 rings (SSSR count). The Kier molecular flexibility index (Phi) is 4.11. The van der Waals surface area contributed by atoms with Crippen molar-refractivity contribution < 1.29 is 0 Å². The summed E-state index contributed by atoms with van der Waals surface area (Å²) in [6.45, 7) is 2.63. The first kappa shape index (κ1) is 11.5. The Bertz CT molecular complexity index is 362. The lowest BCUT2D eigenvalue weighted by Crippen LogP contribution is -2.30. The van der Waals surface area contributed by atoms with Crippen LogP contribution in [0.2, 0.25) is 0 Å². The van der Waals surface area contributed by atoms with Gasteiger partial charge in [0.25, 0.3) is 5.56 Å². The van der Waals surface area contributed by atoms with E-state index in [1.807, 2.05) is 0 Å². The molecule has 1 aromatic rings. The molecule has 0 radical (unpaired) electrons. The van der Waals surface area contributed by atoms with Crippen LogP contribution in [0.25, 0.3) is 0 Å². The fraction of sp³-hybridized carbons (Fsp3) is 0.556. The highest BCUT2D eigenvalue weighted by Crippen LogP contribution is 2.07. The normalized spacial score (nSPS) is 12.4. The number of nitrogen functional groups attached to an aromatic ring is 1. The molecule has 0 aliphatic rings. The van der Waals surface area contributed by atoms with Crippen LogP contribution in [-0.4, -0.2) is 22.6 Å². The number of nitrogens with two attached hydrogens (primary N) is 2. The lowest BCUT2D eigenvalue weighted by Gasteiger charge is -2.12. The second-order valence-electron chi connectivity index (χ2n) is 3.42. The van der Waals surface area contributed by atoms with Crippen LogP contribution < -0.4 is 22.3 Å². The summed E-state index contributed by atoms with van der Waals surface area (Å²) in [7, 11) is 0. The number of nitrogens with zero attached hydrogens (tertiary/aromatic N) is 1. The van der Waals surface area contributed by atoms with Crippen molar-refractivity contribution in [3.63, 3.8) is 0 Å². The van der Waals surface area contributed by atoms with E-state index in [1.165, 1.54) is 6.33 Å². The van der Waals surface area contributed by atoms with Gasteiger partial charge in [-0.2, -0.15) is 0 Å². The predicted molar refractivity (Wildman–Crippen MR) is 60.6 cm³/mol. The Labute approximate surface area is 88.1 Å². The van der Waals surface area contributed by atoms with Gasteiger partial charge in [0.1, 0.15) is 5.69 Å². The number of hydrogen-bond acceptors (Lipinski definition) is 5. The first-order valence-corrected chi connectivity index (χ1v) is 4.97. The lowest BCUT2D eigenvalue weighted by molar-refractivity contribution is 0.626. The molecule has 0 amide bonds. The molecule has 0 aliphatic heterocycles. The number of aromatic amines is 1. The first-order chi connectivity index (χ1) is 7.15. The molecule has 1 aromatic heterocycles. The molecule has 6 nitrogen and oxygen atoms in total. The van der Waals surface area contributed by atoms with Crippen molar-refractivity contribution in [1.29, 1.82) is 0 Å². The molecule has 1 heterocycles. The van der Waals surface area contributed by atoms with E-state index in [9.17, 15) is 4.79 Å². The third kappa shape index (κ3) is 3.25. The SMILES string of the molecule is CCCC(N)CNc1nc[nH]c(=O)c1N. The van der Waals surface area contributed by atoms with Crippen molar-refractivity contribution in [2.45, 2.75) is 25.8 Å². The van der Waals surface area contributed by atoms with Gasteiger partial charge in [-0.1, -0.05) is 13.3 Å². The molecule has 0 saturated carbocycles. The van der Waals surface area contributed by atoms with Crippen LogP contribution in [0.3, 0.4) is 0 Å². The summed E-state index contributed by atoms with van der Waals surface area (Å²) in [5.41, 5.74) is 11.1. The zero-order valence-electron chi connectivity index (χ0n) is 8.79. The number of hydrogen-bond donors (Lipinski definition) is 4. The maximum absolute atomic E-state index is 11.1. The van der Waals surface area contributed by atoms with Gasteiger partial charge < -0.3 is 21.8 Å². The number of rotatable bonds is 5. The average Bonchev–Trinajstić information content (AvgIpc) is 2.21. The standard InChI is InChI=1S/C9H17N5O/c1-2-3-6(10)4-12-8-7(11)9(15)14-5-13-8/h5-6H,2-4,10-11H2,1H3,(H2,12,13,14,15). The van der Waals surface area contributed by atoms with Crippen LogP contribution in [0.1, 0.15) is 19.8 Å². The Morgan fingerprint density at radius 1 is 1.67 bits per heavy atom. The molecule has 0 spiro atoms. The number of aromatic nitrogens is 2. The summed E-state index contributed by atoms with van der Waals surface area (Å²) in [6, 6.07) is 0.0514. The van der Waals surface area contributed by atoms with Crippen molar-refractivity contribution >= 4 is 11.5 Å². The minimum Gasteiger partial charge on any atom is -0.391 e. The molecule has 1 unspecified atom stereocenters. The molecule has 6 heteroatoms. The summed E-state index contributed by atoms with van der Waals surface area (Å²) >= 11 is 0. The van der Waals surface area contributed by atoms with Crippen LogP contribution in [0.15, 0.2) is 11.1 Å². The van der Waals surface area contributed by atoms with Crippen molar-refractivity contribution in [2.24, 2.45) is 5.73 Å². The van der Waals surface area contributed by atoms with Gasteiger partial charge in [-0.05, 0) is 6.42 Å². The van der Waals surface area contributed by atoms with E-state index in [0.717, 1.165) is 12.8 Å². The van der Waals surface area contributed by atoms with Gasteiger partial charge in [0, 0.05) is 12.6 Å². The predicted octanol–water partition coefficient (Wildman–Crippen LogP) is -0.109. The molecule has 0 bridgehead atoms. The van der Waals surface area contributed by atoms with Crippen LogP contribution in [0.5, 0.6) is 0 Å². The molecule has 0 saturated heterocycles. The van der Waals surface area contributed by atoms with Gasteiger partial charge in [-0.25, -0.2) is 4.98 Å². The van der Waals surface area contributed by atoms with Crippen LogP contribution in [0.4, 0.5) is 11.5 Å². The summed E-state index contributed by atoms with van der Waals surface area (Å²) in [6.07, 6.45) is 3.27. The highest BCUT2D eigenvalue weighted by molar-refractivity contribution is 5.58. The maximum Gasteiger partial charge on any atom is 0.276 e. The fourth-order valence-electron chi connectivity index (χ4n) is 1.25. The largest absolute Gasteiger partial charge is 0.391 e. The minimum atomic E-state index is -0.337. The van der Waals surface area contributed by atoms with Crippen LogP contribution in [-0.2, 0) is 0 Å². The molecule has 84 valence electrons. The molecule has 1 atom stereocenters. The van der Waals surface area contributed by atoms with Gasteiger partial charge in [-0.3, -0.25) is 4.79 Å². The Balaban J connectivity index is 2.58. The Morgan fingerprint density at radius 3 is 3.07 bits per heavy atom. The Morgan fingerprint density at radius 2 is 2.40 bits per heavy atom. The monoisotopic (exact) mass is 211 g/mol. The highest BCUT2D eigenvalue weighted by atomic mass is 16.1.